The van der Waals surface area contributed by atoms with Crippen molar-refractivity contribution in [2.75, 3.05) is 21.3 Å². The van der Waals surface area contributed by atoms with E-state index in [2.05, 4.69) is 5.32 Å². The molecule has 0 fully saturated rings. The summed E-state index contributed by atoms with van der Waals surface area (Å²) in [5.74, 6) is 1.32. The van der Waals surface area contributed by atoms with Crippen molar-refractivity contribution < 1.29 is 23.8 Å². The van der Waals surface area contributed by atoms with Gasteiger partial charge in [0.05, 0.1) is 21.3 Å². The molecule has 0 spiro atoms. The summed E-state index contributed by atoms with van der Waals surface area (Å²) in [7, 11) is 4.62. The maximum Gasteiger partial charge on any atom is 0.220 e. The zero-order chi connectivity index (χ0) is 20.7. The van der Waals surface area contributed by atoms with E-state index >= 15 is 0 Å². The van der Waals surface area contributed by atoms with Crippen molar-refractivity contribution in [2.45, 2.75) is 33.2 Å². The number of hydrogen-bond donors (Lipinski definition) is 1. The van der Waals surface area contributed by atoms with Gasteiger partial charge in [0.1, 0.15) is 0 Å². The number of amides is 1. The zero-order valence-electron chi connectivity index (χ0n) is 17.0. The molecule has 2 aromatic carbocycles. The maximum atomic E-state index is 12.3. The molecular formula is C22H27NO5. The molecule has 1 N–H and O–H groups in total. The molecule has 0 aromatic heterocycles. The first-order valence-electron chi connectivity index (χ1n) is 9.05. The van der Waals surface area contributed by atoms with Crippen molar-refractivity contribution in [3.63, 3.8) is 0 Å². The molecule has 0 aliphatic carbocycles. The Balaban J connectivity index is 1.93. The van der Waals surface area contributed by atoms with E-state index in [0.717, 1.165) is 16.7 Å². The highest BCUT2D eigenvalue weighted by Crippen LogP contribution is 2.38. The minimum Gasteiger partial charge on any atom is -0.493 e. The highest BCUT2D eigenvalue weighted by molar-refractivity contribution is 5.98. The summed E-state index contributed by atoms with van der Waals surface area (Å²) in [5, 5.41) is 2.82. The van der Waals surface area contributed by atoms with Crippen LogP contribution in [0.5, 0.6) is 17.2 Å². The fraction of sp³-hybridized carbons (Fsp3) is 0.364. The van der Waals surface area contributed by atoms with Crippen molar-refractivity contribution in [3.05, 3.63) is 52.6 Å². The SMILES string of the molecule is COc1cc(CNC(=O)CCC(=O)c2ccc(C)c(C)c2)cc(OC)c1OC. The van der Waals surface area contributed by atoms with Crippen molar-refractivity contribution in [1.29, 1.82) is 0 Å². The lowest BCUT2D eigenvalue weighted by atomic mass is 10.0. The van der Waals surface area contributed by atoms with Crippen LogP contribution in [0.3, 0.4) is 0 Å². The first kappa shape index (κ1) is 21.3. The quantitative estimate of drug-likeness (QED) is 0.668. The molecule has 0 saturated carbocycles. The number of aryl methyl sites for hydroxylation is 2. The third-order valence-electron chi connectivity index (χ3n) is 4.62. The van der Waals surface area contributed by atoms with E-state index in [0.29, 0.717) is 29.4 Å². The number of Topliss-reactive ketones (excluding diaryl/α,β-unsaturated/α-hetero) is 1. The number of rotatable bonds is 9. The van der Waals surface area contributed by atoms with Crippen molar-refractivity contribution in [1.82, 2.24) is 5.32 Å². The van der Waals surface area contributed by atoms with E-state index in [4.69, 9.17) is 14.2 Å². The van der Waals surface area contributed by atoms with Crippen LogP contribution in [0, 0.1) is 13.8 Å². The van der Waals surface area contributed by atoms with Crippen molar-refractivity contribution in [3.8, 4) is 17.2 Å². The smallest absolute Gasteiger partial charge is 0.220 e. The van der Waals surface area contributed by atoms with Gasteiger partial charge in [-0.1, -0.05) is 12.1 Å². The second-order valence-corrected chi connectivity index (χ2v) is 6.53. The van der Waals surface area contributed by atoms with Gasteiger partial charge >= 0.3 is 0 Å². The molecule has 150 valence electrons. The monoisotopic (exact) mass is 385 g/mol. The Kier molecular flexibility index (Phi) is 7.44. The molecule has 2 rings (SSSR count). The predicted octanol–water partition coefficient (Wildman–Crippen LogP) is 3.61. The average Bonchev–Trinajstić information content (AvgIpc) is 2.71. The van der Waals surface area contributed by atoms with Crippen LogP contribution in [-0.4, -0.2) is 33.0 Å². The number of ketones is 1. The number of carbonyl (C=O) groups excluding carboxylic acids is 2. The second-order valence-electron chi connectivity index (χ2n) is 6.53. The maximum absolute atomic E-state index is 12.3. The fourth-order valence-corrected chi connectivity index (χ4v) is 2.81. The van der Waals surface area contributed by atoms with Gasteiger partial charge in [-0.05, 0) is 48.7 Å². The average molecular weight is 385 g/mol. The van der Waals surface area contributed by atoms with E-state index in [1.165, 1.54) is 21.3 Å². The van der Waals surface area contributed by atoms with Gasteiger partial charge in [-0.2, -0.15) is 0 Å². The lowest BCUT2D eigenvalue weighted by Crippen LogP contribution is -2.23. The molecule has 6 heteroatoms. The lowest BCUT2D eigenvalue weighted by Gasteiger charge is -2.14. The van der Waals surface area contributed by atoms with Crippen LogP contribution in [0.25, 0.3) is 0 Å². The van der Waals surface area contributed by atoms with Gasteiger partial charge in [-0.25, -0.2) is 0 Å². The summed E-state index contributed by atoms with van der Waals surface area (Å²) in [5.41, 5.74) is 3.65. The highest BCUT2D eigenvalue weighted by Gasteiger charge is 2.14. The summed E-state index contributed by atoms with van der Waals surface area (Å²) in [6.45, 7) is 4.27. The summed E-state index contributed by atoms with van der Waals surface area (Å²) in [6, 6.07) is 9.15. The largest absolute Gasteiger partial charge is 0.493 e. The number of hydrogen-bond acceptors (Lipinski definition) is 5. The molecule has 0 unspecified atom stereocenters. The Morgan fingerprint density at radius 2 is 1.50 bits per heavy atom. The van der Waals surface area contributed by atoms with Crippen LogP contribution < -0.4 is 19.5 Å². The van der Waals surface area contributed by atoms with Gasteiger partial charge in [-0.15, -0.1) is 0 Å². The van der Waals surface area contributed by atoms with Crippen LogP contribution in [0.15, 0.2) is 30.3 Å². The molecule has 1 amide bonds. The molecule has 0 heterocycles. The molecule has 0 aliphatic heterocycles. The van der Waals surface area contributed by atoms with Crippen LogP contribution in [0.1, 0.15) is 39.9 Å². The van der Waals surface area contributed by atoms with Crippen molar-refractivity contribution >= 4 is 11.7 Å². The van der Waals surface area contributed by atoms with Crippen LogP contribution in [0.4, 0.5) is 0 Å². The van der Waals surface area contributed by atoms with Gasteiger partial charge in [0, 0.05) is 24.9 Å². The van der Waals surface area contributed by atoms with E-state index in [1.54, 1.807) is 18.2 Å². The molecular weight excluding hydrogens is 358 g/mol. The molecule has 0 radical (unpaired) electrons. The van der Waals surface area contributed by atoms with Crippen LogP contribution in [0.2, 0.25) is 0 Å². The van der Waals surface area contributed by atoms with E-state index < -0.39 is 0 Å². The normalized spacial score (nSPS) is 10.3. The van der Waals surface area contributed by atoms with Gasteiger partial charge in [0.25, 0.3) is 0 Å². The topological polar surface area (TPSA) is 73.9 Å². The van der Waals surface area contributed by atoms with Gasteiger partial charge in [-0.3, -0.25) is 9.59 Å². The highest BCUT2D eigenvalue weighted by atomic mass is 16.5. The molecule has 6 nitrogen and oxygen atoms in total. The third kappa shape index (κ3) is 5.25. The Bertz CT molecular complexity index is 835. The molecule has 0 aliphatic rings. The minimum atomic E-state index is -0.189. The van der Waals surface area contributed by atoms with Crippen LogP contribution in [-0.2, 0) is 11.3 Å². The summed E-state index contributed by atoms with van der Waals surface area (Å²) in [4.78, 5) is 24.5. The van der Waals surface area contributed by atoms with E-state index in [9.17, 15) is 9.59 Å². The fourth-order valence-electron chi connectivity index (χ4n) is 2.81. The molecule has 2 aromatic rings. The first-order chi connectivity index (χ1) is 13.4. The summed E-state index contributed by atoms with van der Waals surface area (Å²) >= 11 is 0. The summed E-state index contributed by atoms with van der Waals surface area (Å²) < 4.78 is 15.9. The second kappa shape index (κ2) is 9.78. The lowest BCUT2D eigenvalue weighted by molar-refractivity contribution is -0.121. The van der Waals surface area contributed by atoms with Crippen LogP contribution >= 0.6 is 0 Å². The number of nitrogens with one attached hydrogen (secondary N) is 1. The predicted molar refractivity (Wildman–Crippen MR) is 107 cm³/mol. The molecule has 28 heavy (non-hydrogen) atoms. The third-order valence-corrected chi connectivity index (χ3v) is 4.62. The van der Waals surface area contributed by atoms with E-state index in [1.807, 2.05) is 26.0 Å². The Morgan fingerprint density at radius 3 is 2.04 bits per heavy atom. The van der Waals surface area contributed by atoms with Gasteiger partial charge in [0.15, 0.2) is 17.3 Å². The standard InChI is InChI=1S/C22H27NO5/c1-14-6-7-17(10-15(14)2)18(24)8-9-21(25)23-13-16-11-19(26-3)22(28-5)20(12-16)27-4/h6-7,10-12H,8-9,13H2,1-5H3,(H,23,25). The number of ether oxygens (including phenoxy) is 3. The molecule has 0 atom stereocenters. The number of carbonyl (C=O) groups is 2. The molecule has 0 saturated heterocycles. The zero-order valence-corrected chi connectivity index (χ0v) is 17.0. The van der Waals surface area contributed by atoms with Gasteiger partial charge in [0.2, 0.25) is 11.7 Å². The number of benzene rings is 2. The van der Waals surface area contributed by atoms with Crippen molar-refractivity contribution in [2.24, 2.45) is 0 Å². The van der Waals surface area contributed by atoms with Gasteiger partial charge < -0.3 is 19.5 Å². The van der Waals surface area contributed by atoms with E-state index in [-0.39, 0.29) is 24.5 Å². The Hall–Kier alpha value is -3.02. The minimum absolute atomic E-state index is 0.0361. The summed E-state index contributed by atoms with van der Waals surface area (Å²) in [6.07, 6.45) is 0.305. The molecule has 0 bridgehead atoms. The number of methoxy groups -OCH3 is 3. The Labute approximate surface area is 165 Å². The Morgan fingerprint density at radius 1 is 0.857 bits per heavy atom. The first-order valence-corrected chi connectivity index (χ1v) is 9.05.